The zero-order valence-corrected chi connectivity index (χ0v) is 17.8. The van der Waals surface area contributed by atoms with Crippen molar-refractivity contribution in [1.82, 2.24) is 20.3 Å². The van der Waals surface area contributed by atoms with E-state index in [-0.39, 0.29) is 11.6 Å². The summed E-state index contributed by atoms with van der Waals surface area (Å²) < 4.78 is 1.62. The first kappa shape index (κ1) is 19.6. The first-order valence-corrected chi connectivity index (χ1v) is 11.1. The molecule has 156 valence electrons. The number of nitrogens with zero attached hydrogens (tertiary/aromatic N) is 4. The highest BCUT2D eigenvalue weighted by Gasteiger charge is 2.31. The summed E-state index contributed by atoms with van der Waals surface area (Å²) in [5, 5.41) is 10.9. The highest BCUT2D eigenvalue weighted by atomic mass is 32.2. The van der Waals surface area contributed by atoms with Gasteiger partial charge in [-0.15, -0.1) is 16.9 Å². The summed E-state index contributed by atoms with van der Waals surface area (Å²) in [6.07, 6.45) is 6.73. The van der Waals surface area contributed by atoms with E-state index in [2.05, 4.69) is 39.9 Å². The molecular weight excluding hydrogens is 410 g/mol. The van der Waals surface area contributed by atoms with Crippen LogP contribution in [0.5, 0.6) is 0 Å². The molecule has 0 saturated heterocycles. The third-order valence-corrected chi connectivity index (χ3v) is 6.65. The predicted molar refractivity (Wildman–Crippen MR) is 120 cm³/mol. The molecule has 0 bridgehead atoms. The van der Waals surface area contributed by atoms with Crippen molar-refractivity contribution in [3.05, 3.63) is 77.1 Å². The number of hydrogen-bond donors (Lipinski definition) is 1. The van der Waals surface area contributed by atoms with Crippen molar-refractivity contribution < 1.29 is 9.59 Å². The molecule has 0 unspecified atom stereocenters. The number of allylic oxidation sites excluding steroid dienone is 1. The molecule has 5 rings (SSSR count). The molecule has 1 aromatic heterocycles. The number of carbonyl (C=O) groups is 2. The zero-order chi connectivity index (χ0) is 21.4. The number of thioether (sulfide) groups is 1. The van der Waals surface area contributed by atoms with E-state index in [4.69, 9.17) is 0 Å². The Morgan fingerprint density at radius 3 is 2.94 bits per heavy atom. The van der Waals surface area contributed by atoms with Gasteiger partial charge in [-0.25, -0.2) is 4.68 Å². The average molecular weight is 432 g/mol. The lowest BCUT2D eigenvalue weighted by molar-refractivity contribution is -0.119. The number of rotatable bonds is 4. The van der Waals surface area contributed by atoms with Crippen LogP contribution in [0.1, 0.15) is 27.2 Å². The summed E-state index contributed by atoms with van der Waals surface area (Å²) in [5.74, 6) is -0.0759. The summed E-state index contributed by atoms with van der Waals surface area (Å²) in [5.41, 5.74) is 4.56. The number of hydrogen-bond acceptors (Lipinski definition) is 5. The van der Waals surface area contributed by atoms with Gasteiger partial charge in [-0.05, 0) is 35.2 Å². The molecular formula is C23H21N5O2S. The summed E-state index contributed by atoms with van der Waals surface area (Å²) in [6, 6.07) is 13.4. The fourth-order valence-electron chi connectivity index (χ4n) is 3.83. The smallest absolute Gasteiger partial charge is 0.274 e. The summed E-state index contributed by atoms with van der Waals surface area (Å²) in [6.45, 7) is 0.524. The molecule has 1 atom stereocenters. The van der Waals surface area contributed by atoms with Crippen molar-refractivity contribution in [2.75, 3.05) is 17.7 Å². The van der Waals surface area contributed by atoms with Crippen LogP contribution in [0.3, 0.4) is 0 Å². The third kappa shape index (κ3) is 3.86. The van der Waals surface area contributed by atoms with E-state index in [9.17, 15) is 9.59 Å². The highest BCUT2D eigenvalue weighted by Crippen LogP contribution is 2.38. The van der Waals surface area contributed by atoms with Crippen molar-refractivity contribution in [3.8, 4) is 0 Å². The van der Waals surface area contributed by atoms with Gasteiger partial charge in [0.15, 0.2) is 5.69 Å². The molecule has 3 aromatic rings. The molecule has 0 spiro atoms. The summed E-state index contributed by atoms with van der Waals surface area (Å²) in [7, 11) is 1.76. The van der Waals surface area contributed by atoms with E-state index < -0.39 is 11.9 Å². The number of aromatic nitrogens is 3. The van der Waals surface area contributed by atoms with E-state index in [0.717, 1.165) is 28.1 Å². The molecule has 2 aromatic carbocycles. The van der Waals surface area contributed by atoms with Gasteiger partial charge in [0.2, 0.25) is 5.91 Å². The quantitative estimate of drug-likeness (QED) is 0.687. The van der Waals surface area contributed by atoms with Crippen LogP contribution in [0.25, 0.3) is 6.08 Å². The van der Waals surface area contributed by atoms with E-state index in [0.29, 0.717) is 12.3 Å². The zero-order valence-electron chi connectivity index (χ0n) is 17.0. The summed E-state index contributed by atoms with van der Waals surface area (Å²) >= 11 is 1.59. The normalized spacial score (nSPS) is 17.3. The second-order valence-electron chi connectivity index (χ2n) is 7.65. The Hall–Kier alpha value is -3.39. The van der Waals surface area contributed by atoms with Gasteiger partial charge in [-0.3, -0.25) is 9.59 Å². The second-order valence-corrected chi connectivity index (χ2v) is 8.71. The Balaban J connectivity index is 1.30. The molecule has 0 fully saturated rings. The first-order valence-electron chi connectivity index (χ1n) is 10.1. The van der Waals surface area contributed by atoms with E-state index in [1.165, 1.54) is 5.56 Å². The molecule has 0 radical (unpaired) electrons. The molecule has 1 aliphatic carbocycles. The molecule has 8 heteroatoms. The van der Waals surface area contributed by atoms with Crippen LogP contribution in [0.2, 0.25) is 0 Å². The third-order valence-electron chi connectivity index (χ3n) is 5.52. The molecule has 2 heterocycles. The summed E-state index contributed by atoms with van der Waals surface area (Å²) in [4.78, 5) is 28.5. The number of anilines is 1. The van der Waals surface area contributed by atoms with E-state index >= 15 is 0 Å². The minimum absolute atomic E-state index is 0.141. The monoisotopic (exact) mass is 431 g/mol. The average Bonchev–Trinajstić information content (AvgIpc) is 3.42. The standard InChI is InChI=1S/C23H21N5O2S/c1-27-20-10-16-8-5-9-17(16)11-21(20)31-14-19(23(27)30)24-22(29)18-13-28(26-25-18)12-15-6-3-2-4-7-15/h2-8,10-11,13,19H,9,12,14H2,1H3,(H,24,29)/t19-/m0/s1. The maximum absolute atomic E-state index is 13.1. The maximum Gasteiger partial charge on any atom is 0.274 e. The Bertz CT molecular complexity index is 1190. The van der Waals surface area contributed by atoms with Crippen LogP contribution in [0.4, 0.5) is 5.69 Å². The molecule has 1 N–H and O–H groups in total. The lowest BCUT2D eigenvalue weighted by Gasteiger charge is -2.21. The molecule has 2 aliphatic rings. The number of benzene rings is 2. The Kier molecular flexibility index (Phi) is 5.07. The fourth-order valence-corrected chi connectivity index (χ4v) is 4.97. The maximum atomic E-state index is 13.1. The van der Waals surface area contributed by atoms with Crippen molar-refractivity contribution in [2.45, 2.75) is 23.9 Å². The van der Waals surface area contributed by atoms with Gasteiger partial charge in [0.25, 0.3) is 5.91 Å². The minimum atomic E-state index is -0.639. The number of nitrogens with one attached hydrogen (secondary N) is 1. The van der Waals surface area contributed by atoms with Crippen LogP contribution < -0.4 is 10.2 Å². The fraction of sp³-hybridized carbons (Fsp3) is 0.217. The number of amides is 2. The van der Waals surface area contributed by atoms with Gasteiger partial charge >= 0.3 is 0 Å². The molecule has 0 saturated carbocycles. The van der Waals surface area contributed by atoms with Crippen molar-refractivity contribution >= 4 is 35.3 Å². The van der Waals surface area contributed by atoms with Gasteiger partial charge in [0.05, 0.1) is 18.4 Å². The molecule has 7 nitrogen and oxygen atoms in total. The molecule has 2 amide bonds. The van der Waals surface area contributed by atoms with Crippen molar-refractivity contribution in [1.29, 1.82) is 0 Å². The van der Waals surface area contributed by atoms with Gasteiger partial charge in [-0.1, -0.05) is 47.7 Å². The minimum Gasteiger partial charge on any atom is -0.338 e. The van der Waals surface area contributed by atoms with Gasteiger partial charge in [0, 0.05) is 17.7 Å². The Morgan fingerprint density at radius 1 is 1.26 bits per heavy atom. The molecule has 1 aliphatic heterocycles. The van der Waals surface area contributed by atoms with Gasteiger partial charge in [0.1, 0.15) is 6.04 Å². The Morgan fingerprint density at radius 2 is 2.10 bits per heavy atom. The predicted octanol–water partition coefficient (Wildman–Crippen LogP) is 2.76. The highest BCUT2D eigenvalue weighted by molar-refractivity contribution is 7.99. The number of fused-ring (bicyclic) bond motifs is 2. The lowest BCUT2D eigenvalue weighted by atomic mass is 10.1. The number of carbonyl (C=O) groups excluding carboxylic acids is 2. The Labute approximate surface area is 184 Å². The topological polar surface area (TPSA) is 80.1 Å². The van der Waals surface area contributed by atoms with Crippen molar-refractivity contribution in [3.63, 3.8) is 0 Å². The van der Waals surface area contributed by atoms with Gasteiger partial charge in [-0.2, -0.15) is 0 Å². The SMILES string of the molecule is CN1C(=O)[C@@H](NC(=O)c2cn(Cc3ccccc3)nn2)CSc2cc3c(cc21)C=CC3. The van der Waals surface area contributed by atoms with E-state index in [1.54, 1.807) is 34.6 Å². The number of likely N-dealkylation sites (N-methyl/N-ethyl adjacent to an activating group) is 1. The lowest BCUT2D eigenvalue weighted by Crippen LogP contribution is -2.48. The van der Waals surface area contributed by atoms with Crippen molar-refractivity contribution in [2.24, 2.45) is 0 Å². The van der Waals surface area contributed by atoms with Crippen LogP contribution in [0.15, 0.2) is 59.6 Å². The first-order chi connectivity index (χ1) is 15.1. The second kappa shape index (κ2) is 8.03. The van der Waals surface area contributed by atoms with Crippen LogP contribution in [-0.4, -0.2) is 45.7 Å². The van der Waals surface area contributed by atoms with Crippen LogP contribution in [-0.2, 0) is 17.8 Å². The van der Waals surface area contributed by atoms with Crippen LogP contribution in [0, 0.1) is 0 Å². The van der Waals surface area contributed by atoms with Crippen LogP contribution >= 0.6 is 11.8 Å². The van der Waals surface area contributed by atoms with Gasteiger partial charge < -0.3 is 10.2 Å². The largest absolute Gasteiger partial charge is 0.338 e. The van der Waals surface area contributed by atoms with E-state index in [1.807, 2.05) is 30.3 Å². The molecule has 31 heavy (non-hydrogen) atoms.